The maximum Gasteiger partial charge on any atom is 0.339 e. The smallest absolute Gasteiger partial charge is 0.339 e. The van der Waals surface area contributed by atoms with E-state index in [1.54, 1.807) is 30.0 Å². The van der Waals surface area contributed by atoms with Crippen molar-refractivity contribution in [2.24, 2.45) is 5.92 Å². The lowest BCUT2D eigenvalue weighted by atomic mass is 9.92. The summed E-state index contributed by atoms with van der Waals surface area (Å²) in [6.45, 7) is 2.52. The summed E-state index contributed by atoms with van der Waals surface area (Å²) < 4.78 is 11.3. The van der Waals surface area contributed by atoms with Crippen molar-refractivity contribution in [2.75, 3.05) is 6.61 Å². The molecule has 35 heavy (non-hydrogen) atoms. The second kappa shape index (κ2) is 11.4. The van der Waals surface area contributed by atoms with Gasteiger partial charge in [-0.25, -0.2) is 10.3 Å². The first-order valence-electron chi connectivity index (χ1n) is 11.6. The number of nitrogens with one attached hydrogen (secondary N) is 1. The first-order valence-corrected chi connectivity index (χ1v) is 11.6. The van der Waals surface area contributed by atoms with Gasteiger partial charge in [-0.1, -0.05) is 23.8 Å². The minimum atomic E-state index is -0.660. The number of aromatic nitrogens is 1. The molecule has 1 atom stereocenters. The summed E-state index contributed by atoms with van der Waals surface area (Å²) in [6.07, 6.45) is 5.78. The summed E-state index contributed by atoms with van der Waals surface area (Å²) in [4.78, 5) is 29.0. The Kier molecular flexibility index (Phi) is 7.90. The largest absolute Gasteiger partial charge is 0.494 e. The zero-order valence-electron chi connectivity index (χ0n) is 19.6. The number of ether oxygens (including phenoxy) is 1. The highest BCUT2D eigenvalue weighted by Gasteiger charge is 2.22. The van der Waals surface area contributed by atoms with E-state index in [-0.39, 0.29) is 6.42 Å². The van der Waals surface area contributed by atoms with E-state index in [0.29, 0.717) is 29.9 Å². The Labute approximate surface area is 203 Å². The van der Waals surface area contributed by atoms with Gasteiger partial charge in [-0.2, -0.15) is 0 Å². The number of hydroxylamine groups is 1. The fourth-order valence-corrected chi connectivity index (χ4v) is 4.10. The molecule has 0 bridgehead atoms. The van der Waals surface area contributed by atoms with Crippen LogP contribution in [-0.2, 0) is 24.1 Å². The maximum absolute atomic E-state index is 12.5. The quantitative estimate of drug-likeness (QED) is 0.153. The molecule has 4 aromatic rings. The fourth-order valence-electron chi connectivity index (χ4n) is 4.10. The molecule has 2 aromatic heterocycles. The van der Waals surface area contributed by atoms with Crippen molar-refractivity contribution >= 4 is 16.9 Å². The Morgan fingerprint density at radius 3 is 2.69 bits per heavy atom. The van der Waals surface area contributed by atoms with Crippen molar-refractivity contribution < 1.29 is 19.2 Å². The molecule has 7 heteroatoms. The molecule has 0 saturated heterocycles. The number of benzene rings is 2. The summed E-state index contributed by atoms with van der Waals surface area (Å²) in [5, 5.41) is 10.1. The van der Waals surface area contributed by atoms with Crippen molar-refractivity contribution in [3.05, 3.63) is 106 Å². The van der Waals surface area contributed by atoms with Gasteiger partial charge in [0.05, 0.1) is 6.61 Å². The van der Waals surface area contributed by atoms with Crippen molar-refractivity contribution in [1.29, 1.82) is 0 Å². The molecule has 0 aliphatic heterocycles. The second-order valence-electron chi connectivity index (χ2n) is 8.64. The minimum absolute atomic E-state index is 0.135. The van der Waals surface area contributed by atoms with Crippen LogP contribution in [0.1, 0.15) is 28.7 Å². The van der Waals surface area contributed by atoms with Crippen molar-refractivity contribution in [2.45, 2.75) is 32.6 Å². The van der Waals surface area contributed by atoms with Crippen LogP contribution in [0.4, 0.5) is 0 Å². The average molecular weight is 473 g/mol. The fraction of sp³-hybridized carbons (Fsp3) is 0.250. The number of rotatable bonds is 10. The Hall–Kier alpha value is -3.97. The SMILES string of the molecule is Cc1ccc2oc(=O)c(CC(Cc3cccc(OCCCc4ccncc4)c3)C(=O)NO)cc2c1. The van der Waals surface area contributed by atoms with Gasteiger partial charge in [0.2, 0.25) is 5.91 Å². The highest BCUT2D eigenvalue weighted by Crippen LogP contribution is 2.21. The lowest BCUT2D eigenvalue weighted by Crippen LogP contribution is -2.32. The Balaban J connectivity index is 1.43. The van der Waals surface area contributed by atoms with Crippen molar-refractivity contribution in [1.82, 2.24) is 10.5 Å². The molecule has 2 heterocycles. The third kappa shape index (κ3) is 6.55. The van der Waals surface area contributed by atoms with Crippen LogP contribution in [0.25, 0.3) is 11.0 Å². The van der Waals surface area contributed by atoms with Crippen LogP contribution in [0.3, 0.4) is 0 Å². The predicted molar refractivity (Wildman–Crippen MR) is 133 cm³/mol. The van der Waals surface area contributed by atoms with Gasteiger partial charge >= 0.3 is 5.63 Å². The normalized spacial score (nSPS) is 11.8. The summed E-state index contributed by atoms with van der Waals surface area (Å²) in [6, 6.07) is 18.8. The summed E-state index contributed by atoms with van der Waals surface area (Å²) in [5.41, 5.74) is 5.26. The zero-order chi connectivity index (χ0) is 24.6. The number of carbonyl (C=O) groups excluding carboxylic acids is 1. The van der Waals surface area contributed by atoms with E-state index in [1.165, 1.54) is 5.56 Å². The Bertz CT molecular complexity index is 1350. The molecule has 1 unspecified atom stereocenters. The molecule has 1 amide bonds. The van der Waals surface area contributed by atoms with Crippen LogP contribution in [0.15, 0.2) is 82.3 Å². The van der Waals surface area contributed by atoms with Gasteiger partial charge < -0.3 is 9.15 Å². The van der Waals surface area contributed by atoms with Crippen molar-refractivity contribution in [3.8, 4) is 5.75 Å². The summed E-state index contributed by atoms with van der Waals surface area (Å²) in [5.74, 6) is -0.509. The van der Waals surface area contributed by atoms with Gasteiger partial charge in [-0.15, -0.1) is 0 Å². The molecule has 0 aliphatic rings. The molecular weight excluding hydrogens is 444 g/mol. The van der Waals surface area contributed by atoms with Crippen LogP contribution >= 0.6 is 0 Å². The van der Waals surface area contributed by atoms with Crippen LogP contribution in [0.5, 0.6) is 5.75 Å². The molecule has 7 nitrogen and oxygen atoms in total. The van der Waals surface area contributed by atoms with Gasteiger partial charge in [0.25, 0.3) is 0 Å². The number of carbonyl (C=O) groups is 1. The highest BCUT2D eigenvalue weighted by molar-refractivity contribution is 5.79. The average Bonchev–Trinajstić information content (AvgIpc) is 2.87. The maximum atomic E-state index is 12.5. The third-order valence-electron chi connectivity index (χ3n) is 5.92. The molecule has 2 N–H and O–H groups in total. The number of nitrogens with zero attached hydrogens (tertiary/aromatic N) is 1. The number of aryl methyl sites for hydroxylation is 2. The number of amides is 1. The van der Waals surface area contributed by atoms with Crippen LogP contribution < -0.4 is 15.8 Å². The summed E-state index contributed by atoms with van der Waals surface area (Å²) >= 11 is 0. The second-order valence-corrected chi connectivity index (χ2v) is 8.64. The molecular formula is C28H28N2O5. The van der Waals surface area contributed by atoms with Crippen molar-refractivity contribution in [3.63, 3.8) is 0 Å². The minimum Gasteiger partial charge on any atom is -0.494 e. The van der Waals surface area contributed by atoms with E-state index < -0.39 is 17.5 Å². The Morgan fingerprint density at radius 1 is 1.06 bits per heavy atom. The van der Waals surface area contributed by atoms with E-state index >= 15 is 0 Å². The van der Waals surface area contributed by atoms with E-state index in [4.69, 9.17) is 9.15 Å². The molecule has 0 radical (unpaired) electrons. The lowest BCUT2D eigenvalue weighted by Gasteiger charge is -2.16. The first kappa shape index (κ1) is 24.2. The number of pyridine rings is 1. The van der Waals surface area contributed by atoms with E-state index in [2.05, 4.69) is 4.98 Å². The molecule has 2 aromatic carbocycles. The molecule has 4 rings (SSSR count). The lowest BCUT2D eigenvalue weighted by molar-refractivity contribution is -0.133. The molecule has 0 aliphatic carbocycles. The van der Waals surface area contributed by atoms with Gasteiger partial charge in [0, 0.05) is 29.3 Å². The number of hydrogen-bond acceptors (Lipinski definition) is 6. The van der Waals surface area contributed by atoms with Crippen LogP contribution in [0, 0.1) is 12.8 Å². The topological polar surface area (TPSA) is 102 Å². The molecule has 0 spiro atoms. The van der Waals surface area contributed by atoms with E-state index in [0.717, 1.165) is 29.4 Å². The molecule has 0 fully saturated rings. The highest BCUT2D eigenvalue weighted by atomic mass is 16.5. The standard InChI is InChI=1S/C28H28N2O5/c1-19-7-8-26-22(14-19)17-24(28(32)35-26)18-23(27(31)30-33)15-21-4-2-6-25(16-21)34-13-3-5-20-9-11-29-12-10-20/h2,4,6-12,14,16-17,23,33H,3,5,13,15,18H2,1H3,(H,30,31). The van der Waals surface area contributed by atoms with Gasteiger partial charge in [-0.05, 0) is 86.2 Å². The van der Waals surface area contributed by atoms with Crippen LogP contribution in [0.2, 0.25) is 0 Å². The predicted octanol–water partition coefficient (Wildman–Crippen LogP) is 4.41. The monoisotopic (exact) mass is 472 g/mol. The number of fused-ring (bicyclic) bond motifs is 1. The van der Waals surface area contributed by atoms with Gasteiger partial charge in [0.15, 0.2) is 0 Å². The first-order chi connectivity index (χ1) is 17.0. The Morgan fingerprint density at radius 2 is 1.89 bits per heavy atom. The van der Waals surface area contributed by atoms with E-state index in [9.17, 15) is 14.8 Å². The number of hydrogen-bond donors (Lipinski definition) is 2. The molecule has 0 saturated carbocycles. The third-order valence-corrected chi connectivity index (χ3v) is 5.92. The van der Waals surface area contributed by atoms with Crippen LogP contribution in [-0.4, -0.2) is 22.7 Å². The van der Waals surface area contributed by atoms with E-state index in [1.807, 2.05) is 55.5 Å². The van der Waals surface area contributed by atoms with Gasteiger partial charge in [0.1, 0.15) is 11.3 Å². The summed E-state index contributed by atoms with van der Waals surface area (Å²) in [7, 11) is 0. The molecule has 180 valence electrons. The zero-order valence-corrected chi connectivity index (χ0v) is 19.6. The van der Waals surface area contributed by atoms with Gasteiger partial charge in [-0.3, -0.25) is 15.0 Å².